The number of aromatic hydroxyl groups is 1. The van der Waals surface area contributed by atoms with Gasteiger partial charge in [-0.2, -0.15) is 0 Å². The first kappa shape index (κ1) is 12.2. The fourth-order valence-corrected chi connectivity index (χ4v) is 2.71. The van der Waals surface area contributed by atoms with Crippen molar-refractivity contribution in [2.45, 2.75) is 45.3 Å². The van der Waals surface area contributed by atoms with E-state index in [9.17, 15) is 5.11 Å². The lowest BCUT2D eigenvalue weighted by atomic mass is 9.76. The third-order valence-corrected chi connectivity index (χ3v) is 3.23. The molecule has 1 N–H and O–H groups in total. The van der Waals surface area contributed by atoms with Crippen LogP contribution in [0.2, 0.25) is 0 Å². The van der Waals surface area contributed by atoms with Gasteiger partial charge in [-0.3, -0.25) is 0 Å². The van der Waals surface area contributed by atoms with Crippen LogP contribution in [0.1, 0.15) is 39.7 Å². The van der Waals surface area contributed by atoms with E-state index < -0.39 is 5.79 Å². The van der Waals surface area contributed by atoms with E-state index in [-0.39, 0.29) is 11.2 Å². The average molecular weight is 236 g/mol. The number of hydrogen-bond donors (Lipinski definition) is 1. The van der Waals surface area contributed by atoms with Gasteiger partial charge >= 0.3 is 0 Å². The van der Waals surface area contributed by atoms with E-state index in [1.165, 1.54) is 0 Å². The van der Waals surface area contributed by atoms with Crippen molar-refractivity contribution in [2.24, 2.45) is 0 Å². The maximum Gasteiger partial charge on any atom is 0.208 e. The first-order valence-electron chi connectivity index (χ1n) is 6.03. The molecule has 1 aliphatic heterocycles. The van der Waals surface area contributed by atoms with Crippen LogP contribution in [-0.2, 0) is 10.2 Å². The van der Waals surface area contributed by atoms with Crippen molar-refractivity contribution >= 4 is 0 Å². The molecule has 3 heteroatoms. The molecule has 0 aromatic heterocycles. The van der Waals surface area contributed by atoms with Crippen LogP contribution in [0, 0.1) is 0 Å². The molecule has 1 aliphatic rings. The lowest BCUT2D eigenvalue weighted by Crippen LogP contribution is -2.45. The fourth-order valence-electron chi connectivity index (χ4n) is 2.71. The Morgan fingerprint density at radius 3 is 2.71 bits per heavy atom. The highest BCUT2D eigenvalue weighted by Crippen LogP contribution is 2.46. The summed E-state index contributed by atoms with van der Waals surface area (Å²) < 4.78 is 11.6. The van der Waals surface area contributed by atoms with Gasteiger partial charge < -0.3 is 14.6 Å². The molecule has 0 aliphatic carbocycles. The van der Waals surface area contributed by atoms with E-state index in [2.05, 4.69) is 13.8 Å². The quantitative estimate of drug-likeness (QED) is 0.857. The standard InChI is InChI=1S/C14H20O3/c1-5-16-14(4)9-13(2,3)11-7-6-10(15)8-12(11)17-14/h6-8,15H,5,9H2,1-4H3. The van der Waals surface area contributed by atoms with Gasteiger partial charge in [-0.25, -0.2) is 0 Å². The van der Waals surface area contributed by atoms with E-state index in [0.717, 1.165) is 17.7 Å². The summed E-state index contributed by atoms with van der Waals surface area (Å²) in [5.74, 6) is 0.330. The van der Waals surface area contributed by atoms with Gasteiger partial charge in [0.05, 0.1) is 0 Å². The minimum absolute atomic E-state index is 0.0226. The van der Waals surface area contributed by atoms with Gasteiger partial charge in [0, 0.05) is 31.6 Å². The second-order valence-electron chi connectivity index (χ2n) is 5.41. The monoisotopic (exact) mass is 236 g/mol. The number of hydrogen-bond acceptors (Lipinski definition) is 3. The number of benzene rings is 1. The molecular weight excluding hydrogens is 216 g/mol. The van der Waals surface area contributed by atoms with Crippen molar-refractivity contribution in [3.8, 4) is 11.5 Å². The van der Waals surface area contributed by atoms with Crippen LogP contribution in [0.4, 0.5) is 0 Å². The number of fused-ring (bicyclic) bond motifs is 1. The molecular formula is C14H20O3. The maximum absolute atomic E-state index is 9.54. The summed E-state index contributed by atoms with van der Waals surface area (Å²) in [6.45, 7) is 8.86. The highest BCUT2D eigenvalue weighted by molar-refractivity contribution is 5.45. The number of rotatable bonds is 2. The normalized spacial score (nSPS) is 26.1. The van der Waals surface area contributed by atoms with Crippen molar-refractivity contribution < 1.29 is 14.6 Å². The van der Waals surface area contributed by atoms with Gasteiger partial charge in [0.2, 0.25) is 5.79 Å². The first-order chi connectivity index (χ1) is 7.86. The highest BCUT2D eigenvalue weighted by Gasteiger charge is 2.42. The minimum atomic E-state index is -0.612. The Kier molecular flexibility index (Phi) is 2.82. The number of phenols is 1. The third-order valence-electron chi connectivity index (χ3n) is 3.23. The van der Waals surface area contributed by atoms with Crippen LogP contribution in [0.15, 0.2) is 18.2 Å². The van der Waals surface area contributed by atoms with Gasteiger partial charge in [-0.15, -0.1) is 0 Å². The van der Waals surface area contributed by atoms with Crippen LogP contribution in [0.3, 0.4) is 0 Å². The zero-order valence-electron chi connectivity index (χ0n) is 10.9. The van der Waals surface area contributed by atoms with E-state index in [1.807, 2.05) is 19.9 Å². The van der Waals surface area contributed by atoms with Gasteiger partial charge in [-0.1, -0.05) is 19.9 Å². The Labute approximate surface area is 102 Å². The summed E-state index contributed by atoms with van der Waals surface area (Å²) in [4.78, 5) is 0. The summed E-state index contributed by atoms with van der Waals surface area (Å²) in [7, 11) is 0. The largest absolute Gasteiger partial charge is 0.508 e. The molecule has 0 amide bonds. The van der Waals surface area contributed by atoms with E-state index in [1.54, 1.807) is 12.1 Å². The Morgan fingerprint density at radius 1 is 1.35 bits per heavy atom. The lowest BCUT2D eigenvalue weighted by molar-refractivity contribution is -0.188. The third kappa shape index (κ3) is 2.25. The maximum atomic E-state index is 9.54. The van der Waals surface area contributed by atoms with Crippen LogP contribution in [0.25, 0.3) is 0 Å². The number of ether oxygens (including phenoxy) is 2. The zero-order valence-corrected chi connectivity index (χ0v) is 10.9. The molecule has 0 fully saturated rings. The van der Waals surface area contributed by atoms with Crippen molar-refractivity contribution in [3.63, 3.8) is 0 Å². The Morgan fingerprint density at radius 2 is 2.06 bits per heavy atom. The molecule has 94 valence electrons. The smallest absolute Gasteiger partial charge is 0.208 e. The number of phenolic OH excluding ortho intramolecular Hbond substituents is 1. The van der Waals surface area contributed by atoms with Crippen LogP contribution in [0.5, 0.6) is 11.5 Å². The summed E-state index contributed by atoms with van der Waals surface area (Å²) in [5, 5.41) is 9.54. The highest BCUT2D eigenvalue weighted by atomic mass is 16.7. The molecule has 0 bridgehead atoms. The zero-order chi connectivity index (χ0) is 12.7. The Hall–Kier alpha value is -1.22. The first-order valence-corrected chi connectivity index (χ1v) is 6.03. The molecule has 0 saturated carbocycles. The van der Waals surface area contributed by atoms with Crippen molar-refractivity contribution in [1.82, 2.24) is 0 Å². The summed E-state index contributed by atoms with van der Waals surface area (Å²) >= 11 is 0. The molecule has 1 unspecified atom stereocenters. The second-order valence-corrected chi connectivity index (χ2v) is 5.41. The SMILES string of the molecule is CCOC1(C)CC(C)(C)c2ccc(O)cc2O1. The van der Waals surface area contributed by atoms with E-state index in [0.29, 0.717) is 6.61 Å². The van der Waals surface area contributed by atoms with Crippen LogP contribution < -0.4 is 4.74 Å². The fraction of sp³-hybridized carbons (Fsp3) is 0.571. The minimum Gasteiger partial charge on any atom is -0.508 e. The molecule has 2 rings (SSSR count). The molecule has 1 heterocycles. The van der Waals surface area contributed by atoms with Crippen molar-refractivity contribution in [2.75, 3.05) is 6.61 Å². The Bertz CT molecular complexity index is 425. The molecule has 17 heavy (non-hydrogen) atoms. The van der Waals surface area contributed by atoms with Gasteiger partial charge in [0.1, 0.15) is 11.5 Å². The van der Waals surface area contributed by atoms with E-state index in [4.69, 9.17) is 9.47 Å². The summed E-state index contributed by atoms with van der Waals surface area (Å²) in [5.41, 5.74) is 1.10. The summed E-state index contributed by atoms with van der Waals surface area (Å²) in [6.07, 6.45) is 0.797. The second kappa shape index (κ2) is 3.91. The predicted molar refractivity (Wildman–Crippen MR) is 66.4 cm³/mol. The molecule has 1 aromatic rings. The van der Waals surface area contributed by atoms with Crippen LogP contribution in [-0.4, -0.2) is 17.5 Å². The van der Waals surface area contributed by atoms with Crippen molar-refractivity contribution in [3.05, 3.63) is 23.8 Å². The molecule has 0 spiro atoms. The molecule has 1 atom stereocenters. The molecule has 0 radical (unpaired) electrons. The predicted octanol–water partition coefficient (Wildman–Crippen LogP) is 3.21. The average Bonchev–Trinajstić information content (AvgIpc) is 2.14. The lowest BCUT2D eigenvalue weighted by Gasteiger charge is -2.43. The molecule has 1 aromatic carbocycles. The van der Waals surface area contributed by atoms with Crippen LogP contribution >= 0.6 is 0 Å². The van der Waals surface area contributed by atoms with Gasteiger partial charge in [0.15, 0.2) is 0 Å². The molecule has 0 saturated heterocycles. The summed E-state index contributed by atoms with van der Waals surface area (Å²) in [6, 6.07) is 5.29. The van der Waals surface area contributed by atoms with E-state index >= 15 is 0 Å². The van der Waals surface area contributed by atoms with Gasteiger partial charge in [-0.05, 0) is 18.4 Å². The molecule has 3 nitrogen and oxygen atoms in total. The topological polar surface area (TPSA) is 38.7 Å². The van der Waals surface area contributed by atoms with Crippen molar-refractivity contribution in [1.29, 1.82) is 0 Å². The Balaban J connectivity index is 2.44. The van der Waals surface area contributed by atoms with Gasteiger partial charge in [0.25, 0.3) is 0 Å².